The first-order valence-corrected chi connectivity index (χ1v) is 7.34. The average molecular weight is 283 g/mol. The van der Waals surface area contributed by atoms with E-state index in [-0.39, 0.29) is 12.0 Å². The number of piperidine rings is 1. The van der Waals surface area contributed by atoms with Crippen LogP contribution in [-0.4, -0.2) is 66.2 Å². The molecule has 0 aliphatic carbocycles. The number of likely N-dealkylation sites (tertiary alicyclic amines) is 1. The number of piperazine rings is 1. The Labute approximate surface area is 120 Å². The first-order chi connectivity index (χ1) is 9.35. The van der Waals surface area contributed by atoms with Crippen molar-refractivity contribution in [1.29, 1.82) is 0 Å². The lowest BCUT2D eigenvalue weighted by molar-refractivity contribution is -0.125. The number of rotatable bonds is 1. The van der Waals surface area contributed by atoms with E-state index in [1.54, 1.807) is 4.90 Å². The summed E-state index contributed by atoms with van der Waals surface area (Å²) in [6.45, 7) is 9.17. The van der Waals surface area contributed by atoms with Gasteiger partial charge in [0.15, 0.2) is 0 Å². The molecule has 2 amide bonds. The molecule has 0 bridgehead atoms. The SMILES string of the molecule is CC(C)(C)OC(=O)N1CCC(N2CCNC(=O)C2)CC1. The summed E-state index contributed by atoms with van der Waals surface area (Å²) in [5, 5.41) is 2.84. The number of carbonyl (C=O) groups excluding carboxylic acids is 2. The van der Waals surface area contributed by atoms with Crippen LogP contribution in [0.2, 0.25) is 0 Å². The fourth-order valence-electron chi connectivity index (χ4n) is 2.71. The summed E-state index contributed by atoms with van der Waals surface area (Å²) in [6.07, 6.45) is 1.59. The highest BCUT2D eigenvalue weighted by molar-refractivity contribution is 5.78. The fraction of sp³-hybridized carbons (Fsp3) is 0.857. The first kappa shape index (κ1) is 15.1. The lowest BCUT2D eigenvalue weighted by Gasteiger charge is -2.40. The Balaban J connectivity index is 1.80. The zero-order valence-electron chi connectivity index (χ0n) is 12.6. The maximum Gasteiger partial charge on any atom is 0.410 e. The Hall–Kier alpha value is -1.30. The largest absolute Gasteiger partial charge is 0.444 e. The Morgan fingerprint density at radius 2 is 1.90 bits per heavy atom. The monoisotopic (exact) mass is 283 g/mol. The second-order valence-electron chi connectivity index (χ2n) is 6.52. The van der Waals surface area contributed by atoms with Crippen LogP contribution in [0, 0.1) is 0 Å². The van der Waals surface area contributed by atoms with E-state index in [0.717, 1.165) is 25.9 Å². The lowest BCUT2D eigenvalue weighted by Crippen LogP contribution is -2.55. The zero-order valence-corrected chi connectivity index (χ0v) is 12.6. The number of hydrogen-bond donors (Lipinski definition) is 1. The van der Waals surface area contributed by atoms with Crippen LogP contribution in [0.1, 0.15) is 33.6 Å². The third-order valence-corrected chi connectivity index (χ3v) is 3.70. The van der Waals surface area contributed by atoms with E-state index in [2.05, 4.69) is 10.2 Å². The van der Waals surface area contributed by atoms with Crippen LogP contribution in [0.3, 0.4) is 0 Å². The summed E-state index contributed by atoms with van der Waals surface area (Å²) < 4.78 is 5.38. The number of ether oxygens (including phenoxy) is 1. The molecule has 0 aromatic heterocycles. The fourth-order valence-corrected chi connectivity index (χ4v) is 2.71. The van der Waals surface area contributed by atoms with Crippen LogP contribution in [0.5, 0.6) is 0 Å². The van der Waals surface area contributed by atoms with Crippen LogP contribution in [0.4, 0.5) is 4.79 Å². The highest BCUT2D eigenvalue weighted by Crippen LogP contribution is 2.19. The minimum atomic E-state index is -0.446. The molecule has 0 atom stereocenters. The van der Waals surface area contributed by atoms with Crippen molar-refractivity contribution in [2.75, 3.05) is 32.7 Å². The zero-order chi connectivity index (χ0) is 14.8. The number of amides is 2. The van der Waals surface area contributed by atoms with Crippen molar-refractivity contribution in [3.8, 4) is 0 Å². The van der Waals surface area contributed by atoms with Crippen molar-refractivity contribution in [1.82, 2.24) is 15.1 Å². The molecule has 6 heteroatoms. The van der Waals surface area contributed by atoms with Crippen LogP contribution in [-0.2, 0) is 9.53 Å². The van der Waals surface area contributed by atoms with Crippen molar-refractivity contribution in [3.05, 3.63) is 0 Å². The summed E-state index contributed by atoms with van der Waals surface area (Å²) in [7, 11) is 0. The van der Waals surface area contributed by atoms with E-state index < -0.39 is 5.60 Å². The van der Waals surface area contributed by atoms with Crippen molar-refractivity contribution < 1.29 is 14.3 Å². The molecule has 2 saturated heterocycles. The van der Waals surface area contributed by atoms with Crippen LogP contribution >= 0.6 is 0 Å². The van der Waals surface area contributed by atoms with Crippen molar-refractivity contribution in [3.63, 3.8) is 0 Å². The van der Waals surface area contributed by atoms with Crippen LogP contribution in [0.15, 0.2) is 0 Å². The molecule has 0 aromatic carbocycles. The summed E-state index contributed by atoms with van der Waals surface area (Å²) in [6, 6.07) is 0.403. The predicted molar refractivity (Wildman–Crippen MR) is 75.4 cm³/mol. The van der Waals surface area contributed by atoms with E-state index >= 15 is 0 Å². The van der Waals surface area contributed by atoms with E-state index in [4.69, 9.17) is 4.74 Å². The quantitative estimate of drug-likeness (QED) is 0.774. The molecular weight excluding hydrogens is 258 g/mol. The molecule has 0 saturated carbocycles. The third-order valence-electron chi connectivity index (χ3n) is 3.70. The smallest absolute Gasteiger partial charge is 0.410 e. The summed E-state index contributed by atoms with van der Waals surface area (Å²) in [5.74, 6) is 0.103. The minimum Gasteiger partial charge on any atom is -0.444 e. The van der Waals surface area contributed by atoms with Gasteiger partial charge in [-0.1, -0.05) is 0 Å². The van der Waals surface area contributed by atoms with Gasteiger partial charge in [0.25, 0.3) is 0 Å². The maximum atomic E-state index is 12.0. The van der Waals surface area contributed by atoms with Crippen molar-refractivity contribution in [2.24, 2.45) is 0 Å². The molecule has 2 aliphatic rings. The summed E-state index contributed by atoms with van der Waals surface area (Å²) >= 11 is 0. The number of carbonyl (C=O) groups is 2. The number of hydrogen-bond acceptors (Lipinski definition) is 4. The van der Waals surface area contributed by atoms with Crippen molar-refractivity contribution in [2.45, 2.75) is 45.3 Å². The molecule has 6 nitrogen and oxygen atoms in total. The molecule has 0 unspecified atom stereocenters. The third kappa shape index (κ3) is 4.10. The number of nitrogens with zero attached hydrogens (tertiary/aromatic N) is 2. The maximum absolute atomic E-state index is 12.0. The normalized spacial score (nSPS) is 22.6. The molecule has 20 heavy (non-hydrogen) atoms. The van der Waals surface area contributed by atoms with E-state index in [1.165, 1.54) is 0 Å². The first-order valence-electron chi connectivity index (χ1n) is 7.34. The van der Waals surface area contributed by atoms with Gasteiger partial charge in [0.05, 0.1) is 6.54 Å². The molecular formula is C14H25N3O3. The molecule has 0 aromatic rings. The molecule has 2 rings (SSSR count). The van der Waals surface area contributed by atoms with Gasteiger partial charge in [-0.15, -0.1) is 0 Å². The van der Waals surface area contributed by atoms with E-state index in [0.29, 0.717) is 25.7 Å². The van der Waals surface area contributed by atoms with Gasteiger partial charge in [-0.05, 0) is 33.6 Å². The Morgan fingerprint density at radius 3 is 2.45 bits per heavy atom. The highest BCUT2D eigenvalue weighted by atomic mass is 16.6. The van der Waals surface area contributed by atoms with E-state index in [9.17, 15) is 9.59 Å². The van der Waals surface area contributed by atoms with Gasteiger partial charge in [-0.3, -0.25) is 9.69 Å². The topological polar surface area (TPSA) is 61.9 Å². The number of nitrogens with one attached hydrogen (secondary N) is 1. The molecule has 1 N–H and O–H groups in total. The molecule has 114 valence electrons. The Kier molecular flexibility index (Phi) is 4.52. The van der Waals surface area contributed by atoms with E-state index in [1.807, 2.05) is 20.8 Å². The second-order valence-corrected chi connectivity index (χ2v) is 6.52. The second kappa shape index (κ2) is 5.99. The predicted octanol–water partition coefficient (Wildman–Crippen LogP) is 0.818. The summed E-state index contributed by atoms with van der Waals surface area (Å²) in [5.41, 5.74) is -0.446. The lowest BCUT2D eigenvalue weighted by atomic mass is 10.0. The van der Waals surface area contributed by atoms with Crippen LogP contribution in [0.25, 0.3) is 0 Å². The molecule has 0 spiro atoms. The minimum absolute atomic E-state index is 0.103. The van der Waals surface area contributed by atoms with Gasteiger partial charge in [-0.2, -0.15) is 0 Å². The highest BCUT2D eigenvalue weighted by Gasteiger charge is 2.31. The summed E-state index contributed by atoms with van der Waals surface area (Å²) in [4.78, 5) is 27.4. The van der Waals surface area contributed by atoms with Crippen molar-refractivity contribution >= 4 is 12.0 Å². The molecule has 2 fully saturated rings. The van der Waals surface area contributed by atoms with Gasteiger partial charge in [0, 0.05) is 32.2 Å². The molecule has 0 radical (unpaired) electrons. The van der Waals surface area contributed by atoms with Gasteiger partial charge in [0.2, 0.25) is 5.91 Å². The molecule has 2 heterocycles. The van der Waals surface area contributed by atoms with Gasteiger partial charge < -0.3 is 15.0 Å². The van der Waals surface area contributed by atoms with Gasteiger partial charge >= 0.3 is 6.09 Å². The Bertz CT molecular complexity index is 370. The van der Waals surface area contributed by atoms with Gasteiger partial charge in [-0.25, -0.2) is 4.79 Å². The van der Waals surface area contributed by atoms with Crippen LogP contribution < -0.4 is 5.32 Å². The standard InChI is InChI=1S/C14H25N3O3/c1-14(2,3)20-13(19)16-7-4-11(5-8-16)17-9-6-15-12(18)10-17/h11H,4-10H2,1-3H3,(H,15,18). The van der Waals surface area contributed by atoms with Gasteiger partial charge in [0.1, 0.15) is 5.60 Å². The average Bonchev–Trinajstić information content (AvgIpc) is 2.37. The Morgan fingerprint density at radius 1 is 1.25 bits per heavy atom. The molecule has 2 aliphatic heterocycles.